The van der Waals surface area contributed by atoms with Crippen molar-refractivity contribution >= 4 is 11.6 Å². The number of likely N-dealkylation sites (tertiary alicyclic amines) is 1. The van der Waals surface area contributed by atoms with E-state index in [1.54, 1.807) is 6.07 Å². The number of likely N-dealkylation sites (N-methyl/N-ethyl adjacent to an activating group) is 1. The topological polar surface area (TPSA) is 65.4 Å². The van der Waals surface area contributed by atoms with Gasteiger partial charge in [-0.05, 0) is 45.5 Å². The van der Waals surface area contributed by atoms with Gasteiger partial charge in [0, 0.05) is 30.6 Å². The molecule has 0 atom stereocenters. The van der Waals surface area contributed by atoms with Gasteiger partial charge in [0.1, 0.15) is 11.4 Å². The Hall–Kier alpha value is -2.32. The van der Waals surface area contributed by atoms with Crippen molar-refractivity contribution < 1.29 is 9.53 Å². The molecule has 0 aromatic heterocycles. The van der Waals surface area contributed by atoms with Crippen LogP contribution < -0.4 is 10.1 Å². The van der Waals surface area contributed by atoms with Gasteiger partial charge < -0.3 is 15.0 Å². The van der Waals surface area contributed by atoms with Crippen molar-refractivity contribution in [2.24, 2.45) is 0 Å². The maximum atomic E-state index is 12.4. The van der Waals surface area contributed by atoms with Crippen LogP contribution in [0.15, 0.2) is 23.8 Å². The normalized spacial score (nSPS) is 19.4. The number of fused-ring (bicyclic) bond motifs is 1. The summed E-state index contributed by atoms with van der Waals surface area (Å²) in [6.45, 7) is 5.37. The maximum Gasteiger partial charge on any atom is 0.227 e. The van der Waals surface area contributed by atoms with Crippen LogP contribution in [0.25, 0.3) is 5.70 Å². The highest BCUT2D eigenvalue weighted by Crippen LogP contribution is 2.43. The van der Waals surface area contributed by atoms with E-state index in [0.717, 1.165) is 29.0 Å². The Kier molecular flexibility index (Phi) is 3.87. The van der Waals surface area contributed by atoms with Crippen molar-refractivity contribution in [1.82, 2.24) is 10.2 Å². The summed E-state index contributed by atoms with van der Waals surface area (Å²) < 4.78 is 6.16. The van der Waals surface area contributed by atoms with E-state index in [9.17, 15) is 10.1 Å². The zero-order valence-electron chi connectivity index (χ0n) is 13.8. The quantitative estimate of drug-likeness (QED) is 0.930. The minimum absolute atomic E-state index is 0.139. The highest BCUT2D eigenvalue weighted by atomic mass is 16.5. The molecule has 23 heavy (non-hydrogen) atoms. The van der Waals surface area contributed by atoms with Gasteiger partial charge in [0.05, 0.1) is 17.3 Å². The van der Waals surface area contributed by atoms with Gasteiger partial charge in [0.15, 0.2) is 0 Å². The number of hydrogen-bond acceptors (Lipinski definition) is 4. The molecule has 2 aliphatic rings. The lowest BCUT2D eigenvalue weighted by atomic mass is 9.88. The van der Waals surface area contributed by atoms with Crippen molar-refractivity contribution in [2.75, 3.05) is 20.1 Å². The van der Waals surface area contributed by atoms with Gasteiger partial charge in [-0.2, -0.15) is 5.26 Å². The van der Waals surface area contributed by atoms with Crippen LogP contribution in [0.3, 0.4) is 0 Å². The molecular weight excluding hydrogens is 290 g/mol. The number of carbonyl (C=O) groups excluding carboxylic acids is 1. The van der Waals surface area contributed by atoms with Crippen molar-refractivity contribution in [1.29, 1.82) is 5.26 Å². The average molecular weight is 311 g/mol. The number of hydrogen-bond donors (Lipinski definition) is 1. The van der Waals surface area contributed by atoms with Crippen molar-refractivity contribution in [3.63, 3.8) is 0 Å². The number of amides is 1. The van der Waals surface area contributed by atoms with E-state index in [4.69, 9.17) is 4.74 Å². The molecule has 2 heterocycles. The number of ether oxygens (including phenoxy) is 1. The predicted molar refractivity (Wildman–Crippen MR) is 87.7 cm³/mol. The molecule has 3 rings (SSSR count). The molecule has 1 fully saturated rings. The monoisotopic (exact) mass is 311 g/mol. The minimum atomic E-state index is -0.512. The molecule has 0 radical (unpaired) electrons. The third-order valence-electron chi connectivity index (χ3n) is 4.44. The number of nitriles is 1. The van der Waals surface area contributed by atoms with Gasteiger partial charge in [-0.25, -0.2) is 0 Å². The largest absolute Gasteiger partial charge is 0.483 e. The lowest BCUT2D eigenvalue weighted by molar-refractivity contribution is -0.125. The SMILES string of the molecule is CNCC1=C(N2CCCC2=O)c2cc(C#N)ccc2OC1(C)C. The molecule has 0 aliphatic carbocycles. The molecule has 0 bridgehead atoms. The second kappa shape index (κ2) is 5.71. The maximum absolute atomic E-state index is 12.4. The van der Waals surface area contributed by atoms with Gasteiger partial charge in [-0.3, -0.25) is 4.79 Å². The third-order valence-corrected chi connectivity index (χ3v) is 4.44. The van der Waals surface area contributed by atoms with Crippen LogP contribution in [0.1, 0.15) is 37.8 Å². The van der Waals surface area contributed by atoms with E-state index in [-0.39, 0.29) is 5.91 Å². The van der Waals surface area contributed by atoms with Crippen LogP contribution in [-0.2, 0) is 4.79 Å². The Bertz CT molecular complexity index is 728. The average Bonchev–Trinajstić information content (AvgIpc) is 2.93. The number of nitrogens with one attached hydrogen (secondary N) is 1. The standard InChI is InChI=1S/C18H21N3O2/c1-18(2)14(11-20-3)17(21-8-4-5-16(21)22)13-9-12(10-19)6-7-15(13)23-18/h6-7,9,20H,4-5,8,11H2,1-3H3. The van der Waals surface area contributed by atoms with Crippen molar-refractivity contribution in [3.05, 3.63) is 34.9 Å². The molecule has 0 saturated carbocycles. The van der Waals surface area contributed by atoms with Crippen LogP contribution >= 0.6 is 0 Å². The minimum Gasteiger partial charge on any atom is -0.483 e. The molecular formula is C18H21N3O2. The molecule has 5 heteroatoms. The van der Waals surface area contributed by atoms with Crippen LogP contribution in [-0.4, -0.2) is 36.5 Å². The molecule has 1 aromatic carbocycles. The smallest absolute Gasteiger partial charge is 0.227 e. The lowest BCUT2D eigenvalue weighted by Crippen LogP contribution is -2.42. The van der Waals surface area contributed by atoms with Crippen molar-refractivity contribution in [2.45, 2.75) is 32.3 Å². The molecule has 0 unspecified atom stereocenters. The zero-order chi connectivity index (χ0) is 16.6. The molecule has 120 valence electrons. The molecule has 1 aromatic rings. The summed E-state index contributed by atoms with van der Waals surface area (Å²) in [6.07, 6.45) is 1.44. The van der Waals surface area contributed by atoms with Gasteiger partial charge >= 0.3 is 0 Å². The van der Waals surface area contributed by atoms with E-state index in [2.05, 4.69) is 11.4 Å². The second-order valence-electron chi connectivity index (χ2n) is 6.44. The fourth-order valence-corrected chi connectivity index (χ4v) is 3.32. The highest BCUT2D eigenvalue weighted by molar-refractivity contribution is 5.91. The number of carbonyl (C=O) groups is 1. The van der Waals surface area contributed by atoms with E-state index < -0.39 is 5.60 Å². The van der Waals surface area contributed by atoms with E-state index >= 15 is 0 Å². The van der Waals surface area contributed by atoms with Gasteiger partial charge in [0.2, 0.25) is 5.91 Å². The predicted octanol–water partition coefficient (Wildman–Crippen LogP) is 2.28. The van der Waals surface area contributed by atoms with Crippen LogP contribution in [0.4, 0.5) is 0 Å². The van der Waals surface area contributed by atoms with Crippen LogP contribution in [0, 0.1) is 11.3 Å². The van der Waals surface area contributed by atoms with Crippen molar-refractivity contribution in [3.8, 4) is 11.8 Å². The first kappa shape index (κ1) is 15.6. The summed E-state index contributed by atoms with van der Waals surface area (Å²) in [6, 6.07) is 7.57. The first-order valence-electron chi connectivity index (χ1n) is 7.90. The highest BCUT2D eigenvalue weighted by Gasteiger charge is 2.39. The Morgan fingerprint density at radius 1 is 1.43 bits per heavy atom. The van der Waals surface area contributed by atoms with E-state index in [1.165, 1.54) is 0 Å². The van der Waals surface area contributed by atoms with E-state index in [0.29, 0.717) is 25.1 Å². The summed E-state index contributed by atoms with van der Waals surface area (Å²) in [4.78, 5) is 14.2. The third kappa shape index (κ3) is 2.60. The number of benzene rings is 1. The van der Waals surface area contributed by atoms with E-state index in [1.807, 2.05) is 37.9 Å². The lowest BCUT2D eigenvalue weighted by Gasteiger charge is -2.39. The molecule has 1 N–H and O–H groups in total. The summed E-state index contributed by atoms with van der Waals surface area (Å²) in [5.74, 6) is 0.864. The Morgan fingerprint density at radius 3 is 2.83 bits per heavy atom. The molecule has 1 saturated heterocycles. The van der Waals surface area contributed by atoms with Crippen LogP contribution in [0.2, 0.25) is 0 Å². The first-order valence-corrected chi connectivity index (χ1v) is 7.90. The fraction of sp³-hybridized carbons (Fsp3) is 0.444. The number of rotatable bonds is 3. The zero-order valence-corrected chi connectivity index (χ0v) is 13.8. The Labute approximate surface area is 136 Å². The van der Waals surface area contributed by atoms with Gasteiger partial charge in [-0.1, -0.05) is 0 Å². The fourth-order valence-electron chi connectivity index (χ4n) is 3.32. The molecule has 2 aliphatic heterocycles. The summed E-state index contributed by atoms with van der Waals surface area (Å²) in [7, 11) is 1.88. The van der Waals surface area contributed by atoms with Gasteiger partial charge in [0.25, 0.3) is 0 Å². The first-order chi connectivity index (χ1) is 11.0. The molecule has 0 spiro atoms. The number of nitrogens with zero attached hydrogens (tertiary/aromatic N) is 2. The molecule has 1 amide bonds. The van der Waals surface area contributed by atoms with Gasteiger partial charge in [-0.15, -0.1) is 0 Å². The summed E-state index contributed by atoms with van der Waals surface area (Å²) >= 11 is 0. The van der Waals surface area contributed by atoms with Crippen LogP contribution in [0.5, 0.6) is 5.75 Å². The summed E-state index contributed by atoms with van der Waals surface area (Å²) in [5, 5.41) is 12.4. The summed E-state index contributed by atoms with van der Waals surface area (Å²) in [5.41, 5.74) is 2.84. The Morgan fingerprint density at radius 2 is 2.22 bits per heavy atom. The second-order valence-corrected chi connectivity index (χ2v) is 6.44. The molecule has 5 nitrogen and oxygen atoms in total. The Balaban J connectivity index is 2.25.